The van der Waals surface area contributed by atoms with Crippen molar-refractivity contribution in [2.45, 2.75) is 56.3 Å². The molecule has 2 heterocycles. The first-order valence-corrected chi connectivity index (χ1v) is 7.86. The molecule has 2 saturated carbocycles. The Labute approximate surface area is 123 Å². The summed E-state index contributed by atoms with van der Waals surface area (Å²) in [5.41, 5.74) is -0.258. The van der Waals surface area contributed by atoms with Gasteiger partial charge < -0.3 is 14.2 Å². The highest BCUT2D eigenvalue weighted by atomic mass is 16.6. The summed E-state index contributed by atoms with van der Waals surface area (Å²) < 4.78 is 16.3. The molecule has 0 aromatic heterocycles. The Hall–Kier alpha value is -1.36. The average molecular weight is 292 g/mol. The molecule has 0 spiro atoms. The lowest BCUT2D eigenvalue weighted by molar-refractivity contribution is -0.171. The molecule has 4 aliphatic rings. The van der Waals surface area contributed by atoms with E-state index in [9.17, 15) is 9.59 Å². The van der Waals surface area contributed by atoms with E-state index in [2.05, 4.69) is 0 Å². The van der Waals surface area contributed by atoms with Crippen molar-refractivity contribution in [2.75, 3.05) is 6.61 Å². The minimum Gasteiger partial charge on any atom is -0.457 e. The van der Waals surface area contributed by atoms with E-state index < -0.39 is 5.97 Å². The van der Waals surface area contributed by atoms with E-state index in [0.29, 0.717) is 6.42 Å². The van der Waals surface area contributed by atoms with Gasteiger partial charge >= 0.3 is 11.9 Å². The molecule has 2 aliphatic heterocycles. The molecule has 3 fully saturated rings. The van der Waals surface area contributed by atoms with E-state index >= 15 is 0 Å². The van der Waals surface area contributed by atoms with Crippen molar-refractivity contribution in [3.63, 3.8) is 0 Å². The molecule has 5 heteroatoms. The Morgan fingerprint density at radius 2 is 2.05 bits per heavy atom. The highest BCUT2D eigenvalue weighted by molar-refractivity contribution is 5.79. The van der Waals surface area contributed by atoms with Crippen LogP contribution in [0.1, 0.15) is 38.5 Å². The quantitative estimate of drug-likeness (QED) is 0.583. The summed E-state index contributed by atoms with van der Waals surface area (Å²) in [7, 11) is 0. The third-order valence-electron chi connectivity index (χ3n) is 5.37. The number of rotatable bonds is 4. The van der Waals surface area contributed by atoms with Gasteiger partial charge in [-0.15, -0.1) is 0 Å². The maximum Gasteiger partial charge on any atom is 0.344 e. The Kier molecular flexibility index (Phi) is 3.06. The molecule has 0 aromatic carbocycles. The van der Waals surface area contributed by atoms with Gasteiger partial charge in [-0.05, 0) is 44.4 Å². The molecule has 3 unspecified atom stereocenters. The van der Waals surface area contributed by atoms with Crippen molar-refractivity contribution in [2.24, 2.45) is 11.8 Å². The van der Waals surface area contributed by atoms with Crippen LogP contribution in [0.4, 0.5) is 0 Å². The second kappa shape index (κ2) is 4.83. The maximum absolute atomic E-state index is 12.0. The van der Waals surface area contributed by atoms with E-state index in [1.54, 1.807) is 0 Å². The highest BCUT2D eigenvalue weighted by Crippen LogP contribution is 2.49. The van der Waals surface area contributed by atoms with Gasteiger partial charge in [0.05, 0.1) is 18.1 Å². The van der Waals surface area contributed by atoms with Crippen molar-refractivity contribution >= 4 is 11.9 Å². The first-order chi connectivity index (χ1) is 10.1. The van der Waals surface area contributed by atoms with Crippen LogP contribution in [0, 0.1) is 11.8 Å². The summed E-state index contributed by atoms with van der Waals surface area (Å²) in [4.78, 5) is 23.9. The minimum absolute atomic E-state index is 0.0345. The fourth-order valence-electron chi connectivity index (χ4n) is 4.29. The zero-order valence-electron chi connectivity index (χ0n) is 12.0. The number of esters is 2. The van der Waals surface area contributed by atoms with Gasteiger partial charge in [-0.2, -0.15) is 0 Å². The molecule has 0 amide bonds. The summed E-state index contributed by atoms with van der Waals surface area (Å²) in [5, 5.41) is 0. The lowest BCUT2D eigenvalue weighted by atomic mass is 9.95. The van der Waals surface area contributed by atoms with Crippen molar-refractivity contribution in [1.82, 2.24) is 0 Å². The summed E-state index contributed by atoms with van der Waals surface area (Å²) >= 11 is 0. The number of ether oxygens (including phenoxy) is 3. The largest absolute Gasteiger partial charge is 0.457 e. The fraction of sp³-hybridized carbons (Fsp3) is 0.750. The van der Waals surface area contributed by atoms with Gasteiger partial charge in [-0.1, -0.05) is 12.2 Å². The van der Waals surface area contributed by atoms with E-state index in [1.165, 1.54) is 0 Å². The van der Waals surface area contributed by atoms with Gasteiger partial charge in [-0.25, -0.2) is 4.79 Å². The molecule has 1 saturated heterocycles. The molecule has 0 N–H and O–H groups in total. The smallest absolute Gasteiger partial charge is 0.344 e. The molecule has 4 rings (SSSR count). The highest BCUT2D eigenvalue weighted by Gasteiger charge is 2.48. The second-order valence-electron chi connectivity index (χ2n) is 6.78. The van der Waals surface area contributed by atoms with Crippen LogP contribution in [0.15, 0.2) is 12.2 Å². The van der Waals surface area contributed by atoms with Crippen LogP contribution in [-0.4, -0.2) is 36.4 Å². The van der Waals surface area contributed by atoms with Gasteiger partial charge in [0.15, 0.2) is 6.61 Å². The molecular weight excluding hydrogens is 272 g/mol. The van der Waals surface area contributed by atoms with Gasteiger partial charge in [0, 0.05) is 0 Å². The number of hydrogen-bond donors (Lipinski definition) is 0. The molecule has 2 aliphatic carbocycles. The fourth-order valence-corrected chi connectivity index (χ4v) is 4.29. The molecule has 4 bridgehead atoms. The molecular formula is C16H20O5. The molecule has 0 aromatic rings. The number of hydrogen-bond acceptors (Lipinski definition) is 5. The Morgan fingerprint density at radius 1 is 1.24 bits per heavy atom. The third kappa shape index (κ3) is 2.37. The molecule has 0 radical (unpaired) electrons. The van der Waals surface area contributed by atoms with Crippen LogP contribution in [0.25, 0.3) is 0 Å². The van der Waals surface area contributed by atoms with Crippen molar-refractivity contribution in [3.8, 4) is 0 Å². The monoisotopic (exact) mass is 292 g/mol. The molecule has 21 heavy (non-hydrogen) atoms. The SMILES string of the molecule is O=C(COC(=O)C1CC2C=CC1O2)OC12CCC(CC1)C2. The Bertz CT molecular complexity index is 489. The minimum atomic E-state index is -0.412. The second-order valence-corrected chi connectivity index (χ2v) is 6.78. The van der Waals surface area contributed by atoms with Gasteiger partial charge in [0.2, 0.25) is 0 Å². The van der Waals surface area contributed by atoms with E-state index in [0.717, 1.165) is 38.0 Å². The predicted molar refractivity (Wildman–Crippen MR) is 72.3 cm³/mol. The van der Waals surface area contributed by atoms with E-state index in [-0.39, 0.29) is 36.3 Å². The van der Waals surface area contributed by atoms with Crippen LogP contribution < -0.4 is 0 Å². The number of carbonyl (C=O) groups excluding carboxylic acids is 2. The van der Waals surface area contributed by atoms with Crippen LogP contribution in [-0.2, 0) is 23.8 Å². The van der Waals surface area contributed by atoms with E-state index in [4.69, 9.17) is 14.2 Å². The topological polar surface area (TPSA) is 61.8 Å². The standard InChI is InChI=1S/C16H20O5/c17-14(21-16-5-3-10(8-16)4-6-16)9-19-15(18)12-7-11-1-2-13(12)20-11/h1-2,10-13H,3-9H2. The summed E-state index contributed by atoms with van der Waals surface area (Å²) in [5.74, 6) is -0.311. The first kappa shape index (κ1) is 13.3. The van der Waals surface area contributed by atoms with Gasteiger partial charge in [0.1, 0.15) is 5.60 Å². The summed E-state index contributed by atoms with van der Waals surface area (Å²) in [6.45, 7) is -0.275. The lowest BCUT2D eigenvalue weighted by Crippen LogP contribution is -2.33. The molecule has 5 nitrogen and oxygen atoms in total. The van der Waals surface area contributed by atoms with Crippen LogP contribution in [0.5, 0.6) is 0 Å². The molecule has 3 atom stereocenters. The van der Waals surface area contributed by atoms with Crippen molar-refractivity contribution < 1.29 is 23.8 Å². The number of carbonyl (C=O) groups is 2. The van der Waals surface area contributed by atoms with Crippen molar-refractivity contribution in [1.29, 1.82) is 0 Å². The Balaban J connectivity index is 1.26. The lowest BCUT2D eigenvalue weighted by Gasteiger charge is -2.26. The summed E-state index contributed by atoms with van der Waals surface area (Å²) in [6, 6.07) is 0. The number of fused-ring (bicyclic) bond motifs is 4. The van der Waals surface area contributed by atoms with E-state index in [1.807, 2.05) is 12.2 Å². The van der Waals surface area contributed by atoms with Crippen molar-refractivity contribution in [3.05, 3.63) is 12.2 Å². The van der Waals surface area contributed by atoms with Gasteiger partial charge in [-0.3, -0.25) is 4.79 Å². The normalized spacial score (nSPS) is 42.5. The predicted octanol–water partition coefficient (Wildman–Crippen LogP) is 1.75. The van der Waals surface area contributed by atoms with Gasteiger partial charge in [0.25, 0.3) is 0 Å². The maximum atomic E-state index is 12.0. The van der Waals surface area contributed by atoms with Crippen LogP contribution in [0.2, 0.25) is 0 Å². The molecule has 114 valence electrons. The van der Waals surface area contributed by atoms with Crippen LogP contribution >= 0.6 is 0 Å². The van der Waals surface area contributed by atoms with Crippen LogP contribution in [0.3, 0.4) is 0 Å². The third-order valence-corrected chi connectivity index (χ3v) is 5.37. The first-order valence-electron chi connectivity index (χ1n) is 7.86. The Morgan fingerprint density at radius 3 is 2.62 bits per heavy atom. The zero-order valence-corrected chi connectivity index (χ0v) is 12.0. The summed E-state index contributed by atoms with van der Waals surface area (Å²) in [6.07, 6.45) is 9.59. The average Bonchev–Trinajstić information content (AvgIpc) is 3.23. The zero-order chi connectivity index (χ0) is 14.4.